The highest BCUT2D eigenvalue weighted by molar-refractivity contribution is 9.10. The van der Waals surface area contributed by atoms with Gasteiger partial charge in [-0.05, 0) is 67.6 Å². The zero-order valence-electron chi connectivity index (χ0n) is 13.4. The normalized spacial score (nSPS) is 16.5. The summed E-state index contributed by atoms with van der Waals surface area (Å²) in [5.41, 5.74) is -0.446. The Kier molecular flexibility index (Phi) is 5.67. The molecular weight excluding hydrogens is 346 g/mol. The highest BCUT2D eigenvalue weighted by Crippen LogP contribution is 2.27. The van der Waals surface area contributed by atoms with Gasteiger partial charge >= 0.3 is 6.09 Å². The maximum absolute atomic E-state index is 11.7. The Labute approximate surface area is 140 Å². The second-order valence-electron chi connectivity index (χ2n) is 6.62. The summed E-state index contributed by atoms with van der Waals surface area (Å²) in [6, 6.07) is 3.93. The SMILES string of the molecule is CC(C)(C)OC(=O)NCC1CCN(c2ncccc2Br)CC1. The fourth-order valence-electron chi connectivity index (χ4n) is 2.50. The fraction of sp³-hybridized carbons (Fsp3) is 0.625. The van der Waals surface area contributed by atoms with E-state index in [0.29, 0.717) is 12.5 Å². The molecule has 0 aliphatic carbocycles. The number of anilines is 1. The molecule has 0 saturated carbocycles. The van der Waals surface area contributed by atoms with E-state index in [1.807, 2.05) is 39.1 Å². The lowest BCUT2D eigenvalue weighted by Gasteiger charge is -2.33. The zero-order valence-corrected chi connectivity index (χ0v) is 15.0. The number of rotatable bonds is 3. The lowest BCUT2D eigenvalue weighted by Crippen LogP contribution is -2.40. The second-order valence-corrected chi connectivity index (χ2v) is 7.48. The summed E-state index contributed by atoms with van der Waals surface area (Å²) in [7, 11) is 0. The third kappa shape index (κ3) is 5.16. The molecule has 0 aromatic carbocycles. The van der Waals surface area contributed by atoms with Crippen molar-refractivity contribution in [3.8, 4) is 0 Å². The number of alkyl carbamates (subject to hydrolysis) is 1. The molecule has 1 fully saturated rings. The predicted molar refractivity (Wildman–Crippen MR) is 91.1 cm³/mol. The Morgan fingerprint density at radius 3 is 2.73 bits per heavy atom. The first-order chi connectivity index (χ1) is 10.3. The van der Waals surface area contributed by atoms with Crippen LogP contribution in [-0.4, -0.2) is 36.3 Å². The van der Waals surface area contributed by atoms with Crippen LogP contribution in [0.2, 0.25) is 0 Å². The van der Waals surface area contributed by atoms with Gasteiger partial charge in [-0.3, -0.25) is 0 Å². The van der Waals surface area contributed by atoms with Crippen molar-refractivity contribution in [2.45, 2.75) is 39.2 Å². The number of ether oxygens (including phenoxy) is 1. The summed E-state index contributed by atoms with van der Waals surface area (Å²) < 4.78 is 6.29. The molecule has 1 amide bonds. The monoisotopic (exact) mass is 369 g/mol. The summed E-state index contributed by atoms with van der Waals surface area (Å²) >= 11 is 3.55. The number of carbonyl (C=O) groups excluding carboxylic acids is 1. The first-order valence-corrected chi connectivity index (χ1v) is 8.47. The molecule has 2 heterocycles. The molecule has 1 aliphatic heterocycles. The van der Waals surface area contributed by atoms with Crippen molar-refractivity contribution < 1.29 is 9.53 Å². The Morgan fingerprint density at radius 2 is 2.14 bits per heavy atom. The van der Waals surface area contributed by atoms with E-state index in [9.17, 15) is 4.79 Å². The minimum Gasteiger partial charge on any atom is -0.444 e. The Balaban J connectivity index is 1.76. The van der Waals surface area contributed by atoms with Crippen LogP contribution in [0.1, 0.15) is 33.6 Å². The molecule has 5 nitrogen and oxygen atoms in total. The van der Waals surface area contributed by atoms with Crippen molar-refractivity contribution in [3.63, 3.8) is 0 Å². The number of aromatic nitrogens is 1. The molecule has 0 spiro atoms. The van der Waals surface area contributed by atoms with Gasteiger partial charge in [0.25, 0.3) is 0 Å². The number of hydrogen-bond acceptors (Lipinski definition) is 4. The third-order valence-electron chi connectivity index (χ3n) is 3.59. The Hall–Kier alpha value is -1.30. The highest BCUT2D eigenvalue weighted by Gasteiger charge is 2.23. The van der Waals surface area contributed by atoms with Crippen molar-refractivity contribution in [1.82, 2.24) is 10.3 Å². The van der Waals surface area contributed by atoms with Crippen LogP contribution in [0.5, 0.6) is 0 Å². The molecule has 1 aliphatic rings. The van der Waals surface area contributed by atoms with Gasteiger partial charge in [0.05, 0.1) is 4.47 Å². The van der Waals surface area contributed by atoms with E-state index in [1.165, 1.54) is 0 Å². The predicted octanol–water partition coefficient (Wildman–Crippen LogP) is 3.59. The average molecular weight is 370 g/mol. The molecular formula is C16H24BrN3O2. The van der Waals surface area contributed by atoms with Crippen LogP contribution in [0.3, 0.4) is 0 Å². The van der Waals surface area contributed by atoms with Crippen molar-refractivity contribution in [3.05, 3.63) is 22.8 Å². The van der Waals surface area contributed by atoms with Crippen LogP contribution in [0.15, 0.2) is 22.8 Å². The fourth-order valence-corrected chi connectivity index (χ4v) is 3.01. The first-order valence-electron chi connectivity index (χ1n) is 7.67. The van der Waals surface area contributed by atoms with Crippen LogP contribution >= 0.6 is 15.9 Å². The topological polar surface area (TPSA) is 54.5 Å². The van der Waals surface area contributed by atoms with Crippen LogP contribution in [0, 0.1) is 5.92 Å². The van der Waals surface area contributed by atoms with Gasteiger partial charge in [0.2, 0.25) is 0 Å². The van der Waals surface area contributed by atoms with Gasteiger partial charge in [-0.25, -0.2) is 9.78 Å². The smallest absolute Gasteiger partial charge is 0.407 e. The number of nitrogens with one attached hydrogen (secondary N) is 1. The van der Waals surface area contributed by atoms with Crippen LogP contribution in [-0.2, 0) is 4.74 Å². The molecule has 1 aromatic heterocycles. The van der Waals surface area contributed by atoms with E-state index in [4.69, 9.17) is 4.74 Å². The molecule has 0 unspecified atom stereocenters. The highest BCUT2D eigenvalue weighted by atomic mass is 79.9. The van der Waals surface area contributed by atoms with Crippen LogP contribution < -0.4 is 10.2 Å². The van der Waals surface area contributed by atoms with E-state index in [0.717, 1.165) is 36.2 Å². The minimum atomic E-state index is -0.446. The van der Waals surface area contributed by atoms with Crippen molar-refractivity contribution in [1.29, 1.82) is 0 Å². The summed E-state index contributed by atoms with van der Waals surface area (Å²) in [4.78, 5) is 18.4. The van der Waals surface area contributed by atoms with Gasteiger partial charge < -0.3 is 15.0 Å². The largest absolute Gasteiger partial charge is 0.444 e. The van der Waals surface area contributed by atoms with Crippen LogP contribution in [0.25, 0.3) is 0 Å². The second kappa shape index (κ2) is 7.31. The molecule has 2 rings (SSSR count). The van der Waals surface area contributed by atoms with Crippen molar-refractivity contribution >= 4 is 27.8 Å². The maximum Gasteiger partial charge on any atom is 0.407 e. The lowest BCUT2D eigenvalue weighted by molar-refractivity contribution is 0.0517. The average Bonchev–Trinajstić information content (AvgIpc) is 2.45. The molecule has 1 saturated heterocycles. The zero-order chi connectivity index (χ0) is 16.2. The minimum absolute atomic E-state index is 0.331. The Bertz CT molecular complexity index is 508. The summed E-state index contributed by atoms with van der Waals surface area (Å²) in [5.74, 6) is 1.49. The maximum atomic E-state index is 11.7. The van der Waals surface area contributed by atoms with Gasteiger partial charge in [-0.2, -0.15) is 0 Å². The molecule has 122 valence electrons. The summed E-state index contributed by atoms with van der Waals surface area (Å²) in [6.45, 7) is 8.19. The van der Waals surface area contributed by atoms with E-state index >= 15 is 0 Å². The van der Waals surface area contributed by atoms with Gasteiger partial charge in [0, 0.05) is 25.8 Å². The molecule has 6 heteroatoms. The van der Waals surface area contributed by atoms with Gasteiger partial charge in [-0.1, -0.05) is 0 Å². The molecule has 1 aromatic rings. The third-order valence-corrected chi connectivity index (χ3v) is 4.21. The van der Waals surface area contributed by atoms with E-state index < -0.39 is 5.60 Å². The number of hydrogen-bond donors (Lipinski definition) is 1. The molecule has 22 heavy (non-hydrogen) atoms. The van der Waals surface area contributed by atoms with Gasteiger partial charge in [-0.15, -0.1) is 0 Å². The number of nitrogens with zero attached hydrogens (tertiary/aromatic N) is 2. The number of pyridine rings is 1. The lowest BCUT2D eigenvalue weighted by atomic mass is 9.97. The molecule has 0 bridgehead atoms. The van der Waals surface area contributed by atoms with E-state index in [1.54, 1.807) is 0 Å². The number of carbonyl (C=O) groups is 1. The quantitative estimate of drug-likeness (QED) is 0.884. The molecule has 0 atom stereocenters. The van der Waals surface area contributed by atoms with Crippen molar-refractivity contribution in [2.75, 3.05) is 24.5 Å². The molecule has 0 radical (unpaired) electrons. The van der Waals surface area contributed by atoms with E-state index in [2.05, 4.69) is 31.1 Å². The van der Waals surface area contributed by atoms with Gasteiger partial charge in [0.15, 0.2) is 0 Å². The van der Waals surface area contributed by atoms with Gasteiger partial charge in [0.1, 0.15) is 11.4 Å². The first kappa shape index (κ1) is 17.1. The van der Waals surface area contributed by atoms with Crippen LogP contribution in [0.4, 0.5) is 10.6 Å². The number of amides is 1. The number of halogens is 1. The Morgan fingerprint density at radius 1 is 1.45 bits per heavy atom. The standard InChI is InChI=1S/C16H24BrN3O2/c1-16(2,3)22-15(21)19-11-12-6-9-20(10-7-12)14-13(17)5-4-8-18-14/h4-5,8,12H,6-7,9-11H2,1-3H3,(H,19,21). The van der Waals surface area contributed by atoms with Crippen molar-refractivity contribution in [2.24, 2.45) is 5.92 Å². The van der Waals surface area contributed by atoms with E-state index in [-0.39, 0.29) is 6.09 Å². The molecule has 1 N–H and O–H groups in total. The number of piperidine rings is 1. The summed E-state index contributed by atoms with van der Waals surface area (Å²) in [6.07, 6.45) is 3.57. The summed E-state index contributed by atoms with van der Waals surface area (Å²) in [5, 5.41) is 2.87.